The summed E-state index contributed by atoms with van der Waals surface area (Å²) in [5, 5.41) is 0. The molecule has 0 aliphatic rings. The van der Waals surface area contributed by atoms with Crippen LogP contribution in [0.2, 0.25) is 0 Å². The third kappa shape index (κ3) is 4.41. The summed E-state index contributed by atoms with van der Waals surface area (Å²) in [5.74, 6) is 6.17. The van der Waals surface area contributed by atoms with Gasteiger partial charge in [0.1, 0.15) is 4.90 Å². The van der Waals surface area contributed by atoms with E-state index in [1.165, 1.54) is 12.4 Å². The minimum atomic E-state index is -3.57. The van der Waals surface area contributed by atoms with E-state index in [1.54, 1.807) is 11.8 Å². The Balaban J connectivity index is 2.73. The van der Waals surface area contributed by atoms with Crippen molar-refractivity contribution in [1.82, 2.24) is 14.7 Å². The van der Waals surface area contributed by atoms with Gasteiger partial charge in [-0.25, -0.2) is 29.0 Å². The van der Waals surface area contributed by atoms with Crippen LogP contribution in [0.5, 0.6) is 0 Å². The molecule has 1 heterocycles. The monoisotopic (exact) mass is 291 g/mol. The first-order chi connectivity index (χ1) is 8.49. The van der Waals surface area contributed by atoms with E-state index in [4.69, 9.17) is 5.84 Å². The molecular weight excluding hydrogens is 274 g/mol. The van der Waals surface area contributed by atoms with Gasteiger partial charge in [0.05, 0.1) is 12.4 Å². The summed E-state index contributed by atoms with van der Waals surface area (Å²) in [6.45, 7) is 1.82. The van der Waals surface area contributed by atoms with Crippen molar-refractivity contribution in [2.24, 2.45) is 5.84 Å². The lowest BCUT2D eigenvalue weighted by Crippen LogP contribution is -2.33. The van der Waals surface area contributed by atoms with E-state index >= 15 is 0 Å². The smallest absolute Gasteiger partial charge is 0.243 e. The van der Waals surface area contributed by atoms with Crippen LogP contribution in [0.3, 0.4) is 0 Å². The van der Waals surface area contributed by atoms with Crippen LogP contribution in [-0.4, -0.2) is 36.4 Å². The number of nitrogen functional groups attached to an aromatic ring is 1. The Morgan fingerprint density at radius 2 is 2.06 bits per heavy atom. The Kier molecular flexibility index (Phi) is 5.79. The van der Waals surface area contributed by atoms with Gasteiger partial charge in [-0.1, -0.05) is 0 Å². The fraction of sp³-hybridized carbons (Fsp3) is 0.556. The van der Waals surface area contributed by atoms with Gasteiger partial charge in [-0.3, -0.25) is 5.43 Å². The number of sulfonamides is 1. The van der Waals surface area contributed by atoms with Crippen LogP contribution in [0.1, 0.15) is 13.3 Å². The Morgan fingerprint density at radius 1 is 1.44 bits per heavy atom. The highest BCUT2D eigenvalue weighted by atomic mass is 32.2. The van der Waals surface area contributed by atoms with Crippen molar-refractivity contribution in [3.8, 4) is 0 Å². The molecule has 1 unspecified atom stereocenters. The number of hydrogen-bond donors (Lipinski definition) is 3. The van der Waals surface area contributed by atoms with E-state index in [1.807, 2.05) is 13.2 Å². The van der Waals surface area contributed by atoms with Gasteiger partial charge >= 0.3 is 0 Å². The van der Waals surface area contributed by atoms with E-state index in [9.17, 15) is 8.42 Å². The molecule has 0 aliphatic carbocycles. The van der Waals surface area contributed by atoms with Crippen molar-refractivity contribution in [3.63, 3.8) is 0 Å². The second kappa shape index (κ2) is 6.88. The molecule has 0 aliphatic heterocycles. The van der Waals surface area contributed by atoms with Crippen LogP contribution in [0.15, 0.2) is 17.3 Å². The maximum atomic E-state index is 12.0. The first-order valence-corrected chi connectivity index (χ1v) is 8.17. The zero-order valence-electron chi connectivity index (χ0n) is 10.3. The highest BCUT2D eigenvalue weighted by Crippen LogP contribution is 2.09. The highest BCUT2D eigenvalue weighted by Gasteiger charge is 2.18. The highest BCUT2D eigenvalue weighted by molar-refractivity contribution is 7.98. The fourth-order valence-corrected chi connectivity index (χ4v) is 2.97. The Bertz CT molecular complexity index is 462. The van der Waals surface area contributed by atoms with Gasteiger partial charge in [-0.15, -0.1) is 0 Å². The minimum Gasteiger partial charge on any atom is -0.292 e. The Labute approximate surface area is 111 Å². The molecule has 0 amide bonds. The molecule has 0 spiro atoms. The Morgan fingerprint density at radius 3 is 2.56 bits per heavy atom. The summed E-state index contributed by atoms with van der Waals surface area (Å²) < 4.78 is 26.5. The van der Waals surface area contributed by atoms with Gasteiger partial charge in [0.2, 0.25) is 16.0 Å². The lowest BCUT2D eigenvalue weighted by molar-refractivity contribution is 0.556. The maximum Gasteiger partial charge on any atom is 0.243 e. The minimum absolute atomic E-state index is 0.0255. The van der Waals surface area contributed by atoms with Crippen molar-refractivity contribution in [3.05, 3.63) is 12.4 Å². The third-order valence-corrected chi connectivity index (χ3v) is 4.37. The second-order valence-corrected chi connectivity index (χ2v) is 6.39. The zero-order valence-corrected chi connectivity index (χ0v) is 11.9. The molecule has 0 saturated heterocycles. The Hall–Kier alpha value is -0.900. The summed E-state index contributed by atoms with van der Waals surface area (Å²) in [6.07, 6.45) is 5.18. The number of aromatic nitrogens is 2. The lowest BCUT2D eigenvalue weighted by atomic mass is 10.3. The first-order valence-electron chi connectivity index (χ1n) is 5.29. The van der Waals surface area contributed by atoms with Crippen molar-refractivity contribution in [1.29, 1.82) is 0 Å². The van der Waals surface area contributed by atoms with Crippen LogP contribution in [0, 0.1) is 0 Å². The predicted molar refractivity (Wildman–Crippen MR) is 72.6 cm³/mol. The summed E-state index contributed by atoms with van der Waals surface area (Å²) >= 11 is 1.68. The largest absolute Gasteiger partial charge is 0.292 e. The SMILES string of the molecule is CSCCC(C)NS(=O)(=O)c1cnc(NN)nc1. The number of thioether (sulfide) groups is 1. The van der Waals surface area contributed by atoms with Crippen LogP contribution < -0.4 is 16.0 Å². The summed E-state index contributed by atoms with van der Waals surface area (Å²) in [5.41, 5.74) is 2.23. The predicted octanol–water partition coefficient (Wildman–Crippen LogP) is 0.182. The summed E-state index contributed by atoms with van der Waals surface area (Å²) in [4.78, 5) is 7.55. The molecule has 0 radical (unpaired) electrons. The first kappa shape index (κ1) is 15.2. The molecule has 1 aromatic rings. The number of hydrazine groups is 1. The quantitative estimate of drug-likeness (QED) is 0.485. The molecule has 18 heavy (non-hydrogen) atoms. The van der Waals surface area contributed by atoms with Crippen molar-refractivity contribution >= 4 is 27.7 Å². The third-order valence-electron chi connectivity index (χ3n) is 2.18. The normalized spacial score (nSPS) is 13.3. The van der Waals surface area contributed by atoms with Crippen molar-refractivity contribution in [2.75, 3.05) is 17.4 Å². The van der Waals surface area contributed by atoms with Crippen LogP contribution >= 0.6 is 11.8 Å². The molecule has 0 fully saturated rings. The van der Waals surface area contributed by atoms with E-state index in [0.717, 1.165) is 12.2 Å². The van der Waals surface area contributed by atoms with Gasteiger partial charge in [0, 0.05) is 6.04 Å². The average Bonchev–Trinajstić information content (AvgIpc) is 2.36. The molecular formula is C9H17N5O2S2. The molecule has 9 heteroatoms. The van der Waals surface area contributed by atoms with Gasteiger partial charge < -0.3 is 0 Å². The van der Waals surface area contributed by atoms with Gasteiger partial charge in [0.15, 0.2) is 0 Å². The van der Waals surface area contributed by atoms with Gasteiger partial charge in [0.25, 0.3) is 0 Å². The number of nitrogens with one attached hydrogen (secondary N) is 2. The fourth-order valence-electron chi connectivity index (χ4n) is 1.22. The molecule has 1 atom stereocenters. The van der Waals surface area contributed by atoms with Crippen molar-refractivity contribution in [2.45, 2.75) is 24.3 Å². The lowest BCUT2D eigenvalue weighted by Gasteiger charge is -2.13. The molecule has 1 rings (SSSR count). The van der Waals surface area contributed by atoms with E-state index in [-0.39, 0.29) is 16.9 Å². The number of nitrogens with zero attached hydrogens (tertiary/aromatic N) is 2. The van der Waals surface area contributed by atoms with Crippen LogP contribution in [-0.2, 0) is 10.0 Å². The van der Waals surface area contributed by atoms with Crippen LogP contribution in [0.4, 0.5) is 5.95 Å². The molecule has 4 N–H and O–H groups in total. The van der Waals surface area contributed by atoms with E-state index in [0.29, 0.717) is 0 Å². The second-order valence-electron chi connectivity index (χ2n) is 3.69. The number of hydrogen-bond acceptors (Lipinski definition) is 7. The summed E-state index contributed by atoms with van der Waals surface area (Å²) in [7, 11) is -3.57. The molecule has 0 bridgehead atoms. The van der Waals surface area contributed by atoms with Gasteiger partial charge in [-0.05, 0) is 25.4 Å². The summed E-state index contributed by atoms with van der Waals surface area (Å²) in [6, 6.07) is -0.130. The topological polar surface area (TPSA) is 110 Å². The van der Waals surface area contributed by atoms with Crippen molar-refractivity contribution < 1.29 is 8.42 Å². The van der Waals surface area contributed by atoms with Crippen LogP contribution in [0.25, 0.3) is 0 Å². The van der Waals surface area contributed by atoms with Gasteiger partial charge in [-0.2, -0.15) is 11.8 Å². The number of anilines is 1. The number of nitrogens with two attached hydrogens (primary N) is 1. The molecule has 102 valence electrons. The average molecular weight is 291 g/mol. The molecule has 0 aromatic carbocycles. The zero-order chi connectivity index (χ0) is 13.6. The standard InChI is InChI=1S/C9H17N5O2S2/c1-7(3-4-17-2)14-18(15,16)8-5-11-9(13-10)12-6-8/h5-7,14H,3-4,10H2,1-2H3,(H,11,12,13). The molecule has 0 saturated carbocycles. The maximum absolute atomic E-state index is 12.0. The van der Waals surface area contributed by atoms with E-state index < -0.39 is 10.0 Å². The van der Waals surface area contributed by atoms with E-state index in [2.05, 4.69) is 20.1 Å². The number of rotatable bonds is 7. The molecule has 1 aromatic heterocycles. The molecule has 7 nitrogen and oxygen atoms in total.